The summed E-state index contributed by atoms with van der Waals surface area (Å²) in [5, 5.41) is 0.692. The van der Waals surface area contributed by atoms with Gasteiger partial charge < -0.3 is 9.47 Å². The second kappa shape index (κ2) is 8.73. The van der Waals surface area contributed by atoms with E-state index in [9.17, 15) is 13.2 Å². The second-order valence-corrected chi connectivity index (χ2v) is 8.36. The van der Waals surface area contributed by atoms with Crippen molar-refractivity contribution in [2.24, 2.45) is 0 Å². The number of carbonyl (C=O) groups excluding carboxylic acids is 1. The van der Waals surface area contributed by atoms with Gasteiger partial charge >= 0.3 is 5.97 Å². The Hall–Kier alpha value is -1.80. The third-order valence-corrected chi connectivity index (χ3v) is 5.73. The predicted octanol–water partition coefficient (Wildman–Crippen LogP) is 3.48. The van der Waals surface area contributed by atoms with Crippen LogP contribution in [0.2, 0.25) is 10.0 Å². The zero-order valence-electron chi connectivity index (χ0n) is 14.1. The highest BCUT2D eigenvalue weighted by molar-refractivity contribution is 7.89. The smallest absolute Gasteiger partial charge is 0.339 e. The summed E-state index contributed by atoms with van der Waals surface area (Å²) < 4.78 is 35.9. The van der Waals surface area contributed by atoms with Crippen molar-refractivity contribution in [1.82, 2.24) is 4.31 Å². The summed E-state index contributed by atoms with van der Waals surface area (Å²) in [6, 6.07) is 10.6. The summed E-state index contributed by atoms with van der Waals surface area (Å²) in [6.45, 7) is 0.100. The first-order chi connectivity index (χ1) is 12.2. The summed E-state index contributed by atoms with van der Waals surface area (Å²) in [7, 11) is -0.885. The van der Waals surface area contributed by atoms with Crippen molar-refractivity contribution in [2.75, 3.05) is 27.3 Å². The molecule has 0 radical (unpaired) electrons. The van der Waals surface area contributed by atoms with Crippen molar-refractivity contribution in [3.63, 3.8) is 0 Å². The van der Waals surface area contributed by atoms with Gasteiger partial charge in [0.2, 0.25) is 10.0 Å². The minimum Gasteiger partial charge on any atom is -0.490 e. The molecule has 6 nitrogen and oxygen atoms in total. The zero-order chi connectivity index (χ0) is 19.3. The van der Waals surface area contributed by atoms with Crippen molar-refractivity contribution >= 4 is 39.2 Å². The molecule has 140 valence electrons. The Labute approximate surface area is 162 Å². The lowest BCUT2D eigenvalue weighted by Crippen LogP contribution is -2.22. The quantitative estimate of drug-likeness (QED) is 0.509. The minimum atomic E-state index is -3.68. The monoisotopic (exact) mass is 417 g/mol. The van der Waals surface area contributed by atoms with Crippen LogP contribution in [0.5, 0.6) is 5.75 Å². The van der Waals surface area contributed by atoms with E-state index in [-0.39, 0.29) is 28.7 Å². The van der Waals surface area contributed by atoms with Gasteiger partial charge in [0.1, 0.15) is 19.0 Å². The van der Waals surface area contributed by atoms with Crippen LogP contribution in [0.1, 0.15) is 10.4 Å². The number of esters is 1. The van der Waals surface area contributed by atoms with E-state index >= 15 is 0 Å². The Morgan fingerprint density at radius 1 is 1.04 bits per heavy atom. The van der Waals surface area contributed by atoms with Gasteiger partial charge in [-0.25, -0.2) is 17.5 Å². The molecule has 0 saturated heterocycles. The SMILES string of the molecule is CN(C)S(=O)(=O)c1ccc(Cl)c(C(=O)OCCOc2ccc(Cl)cc2)c1. The van der Waals surface area contributed by atoms with Crippen molar-refractivity contribution < 1.29 is 22.7 Å². The Bertz CT molecular complexity index is 883. The summed E-state index contributed by atoms with van der Waals surface area (Å²) >= 11 is 11.8. The average Bonchev–Trinajstić information content (AvgIpc) is 2.60. The van der Waals surface area contributed by atoms with Crippen molar-refractivity contribution in [3.8, 4) is 5.75 Å². The van der Waals surface area contributed by atoms with Gasteiger partial charge in [0.25, 0.3) is 0 Å². The molecule has 2 aromatic carbocycles. The first-order valence-electron chi connectivity index (χ1n) is 7.49. The van der Waals surface area contributed by atoms with Gasteiger partial charge in [-0.05, 0) is 42.5 Å². The Morgan fingerprint density at radius 3 is 2.31 bits per heavy atom. The maximum atomic E-state index is 12.2. The number of nitrogens with zero attached hydrogens (tertiary/aromatic N) is 1. The van der Waals surface area contributed by atoms with E-state index < -0.39 is 16.0 Å². The standard InChI is InChI=1S/C17H17Cl2NO5S/c1-20(2)26(22,23)14-7-8-16(19)15(11-14)17(21)25-10-9-24-13-5-3-12(18)4-6-13/h3-8,11H,9-10H2,1-2H3. The van der Waals surface area contributed by atoms with Crippen LogP contribution in [0.15, 0.2) is 47.4 Å². The lowest BCUT2D eigenvalue weighted by molar-refractivity contribution is 0.0450. The largest absolute Gasteiger partial charge is 0.490 e. The molecule has 0 unspecified atom stereocenters. The van der Waals surface area contributed by atoms with Gasteiger partial charge in [0.15, 0.2) is 0 Å². The molecule has 2 aromatic rings. The first-order valence-corrected chi connectivity index (χ1v) is 9.69. The molecule has 2 rings (SSSR count). The van der Waals surface area contributed by atoms with Crippen LogP contribution in [0.25, 0.3) is 0 Å². The molecule has 0 spiro atoms. The molecule has 0 heterocycles. The molecule has 0 saturated carbocycles. The number of ether oxygens (including phenoxy) is 2. The number of sulfonamides is 1. The third-order valence-electron chi connectivity index (χ3n) is 3.34. The normalized spacial score (nSPS) is 11.4. The fourth-order valence-electron chi connectivity index (χ4n) is 1.93. The molecular formula is C17H17Cl2NO5S. The fourth-order valence-corrected chi connectivity index (χ4v) is 3.18. The summed E-state index contributed by atoms with van der Waals surface area (Å²) in [4.78, 5) is 12.1. The van der Waals surface area contributed by atoms with Crippen molar-refractivity contribution in [2.45, 2.75) is 4.90 Å². The maximum Gasteiger partial charge on any atom is 0.339 e. The van der Waals surface area contributed by atoms with Gasteiger partial charge in [-0.2, -0.15) is 0 Å². The van der Waals surface area contributed by atoms with Gasteiger partial charge in [-0.15, -0.1) is 0 Å². The highest BCUT2D eigenvalue weighted by atomic mass is 35.5. The molecule has 0 amide bonds. The Morgan fingerprint density at radius 2 is 1.69 bits per heavy atom. The van der Waals surface area contributed by atoms with Crippen LogP contribution in [0.4, 0.5) is 0 Å². The predicted molar refractivity (Wildman–Crippen MR) is 99.6 cm³/mol. The highest BCUT2D eigenvalue weighted by Gasteiger charge is 2.21. The number of halogens is 2. The van der Waals surface area contributed by atoms with Gasteiger partial charge in [-0.3, -0.25) is 0 Å². The average molecular weight is 418 g/mol. The molecule has 0 bridgehead atoms. The molecule has 0 aromatic heterocycles. The molecule has 0 aliphatic rings. The summed E-state index contributed by atoms with van der Waals surface area (Å²) in [5.74, 6) is -0.145. The van der Waals surface area contributed by atoms with Gasteiger partial charge in [0.05, 0.1) is 15.5 Å². The molecule has 0 atom stereocenters. The van der Waals surface area contributed by atoms with Crippen LogP contribution in [0, 0.1) is 0 Å². The maximum absolute atomic E-state index is 12.2. The van der Waals surface area contributed by atoms with Crippen LogP contribution < -0.4 is 4.74 Å². The fraction of sp³-hybridized carbons (Fsp3) is 0.235. The van der Waals surface area contributed by atoms with E-state index in [2.05, 4.69) is 0 Å². The highest BCUT2D eigenvalue weighted by Crippen LogP contribution is 2.23. The van der Waals surface area contributed by atoms with E-state index in [1.807, 2.05) is 0 Å². The lowest BCUT2D eigenvalue weighted by Gasteiger charge is -2.13. The number of benzene rings is 2. The number of carbonyl (C=O) groups is 1. The molecule has 0 fully saturated rings. The van der Waals surface area contributed by atoms with E-state index in [4.69, 9.17) is 32.7 Å². The van der Waals surface area contributed by atoms with Crippen LogP contribution in [0.3, 0.4) is 0 Å². The van der Waals surface area contributed by atoms with Gasteiger partial charge in [-0.1, -0.05) is 23.2 Å². The molecule has 0 aliphatic heterocycles. The molecule has 26 heavy (non-hydrogen) atoms. The summed E-state index contributed by atoms with van der Waals surface area (Å²) in [5.41, 5.74) is -0.0268. The Kier molecular flexibility index (Phi) is 6.88. The number of hydrogen-bond acceptors (Lipinski definition) is 5. The van der Waals surface area contributed by atoms with E-state index in [0.717, 1.165) is 4.31 Å². The van der Waals surface area contributed by atoms with Crippen LogP contribution >= 0.6 is 23.2 Å². The molecule has 0 aliphatic carbocycles. The van der Waals surface area contributed by atoms with E-state index in [0.29, 0.717) is 10.8 Å². The first kappa shape index (κ1) is 20.5. The Balaban J connectivity index is 1.99. The second-order valence-electron chi connectivity index (χ2n) is 5.37. The molecule has 9 heteroatoms. The molecule has 0 N–H and O–H groups in total. The van der Waals surface area contributed by atoms with Crippen LogP contribution in [-0.2, 0) is 14.8 Å². The van der Waals surface area contributed by atoms with Crippen molar-refractivity contribution in [1.29, 1.82) is 0 Å². The van der Waals surface area contributed by atoms with Crippen LogP contribution in [-0.4, -0.2) is 46.0 Å². The lowest BCUT2D eigenvalue weighted by atomic mass is 10.2. The number of hydrogen-bond donors (Lipinski definition) is 0. The van der Waals surface area contributed by atoms with E-state index in [1.54, 1.807) is 24.3 Å². The topological polar surface area (TPSA) is 72.9 Å². The van der Waals surface area contributed by atoms with Crippen molar-refractivity contribution in [3.05, 3.63) is 58.1 Å². The molecular weight excluding hydrogens is 401 g/mol. The minimum absolute atomic E-state index is 0.0254. The number of rotatable bonds is 7. The third kappa shape index (κ3) is 5.11. The van der Waals surface area contributed by atoms with E-state index in [1.165, 1.54) is 32.3 Å². The summed E-state index contributed by atoms with van der Waals surface area (Å²) in [6.07, 6.45) is 0. The zero-order valence-corrected chi connectivity index (χ0v) is 16.4. The van der Waals surface area contributed by atoms with Gasteiger partial charge in [0, 0.05) is 19.1 Å².